The highest BCUT2D eigenvalue weighted by molar-refractivity contribution is 7.38. The molecule has 2 aromatic rings. The van der Waals surface area contributed by atoms with E-state index in [9.17, 15) is 4.79 Å². The van der Waals surface area contributed by atoms with Crippen LogP contribution in [0, 0.1) is 6.92 Å². The van der Waals surface area contributed by atoms with Gasteiger partial charge >= 0.3 is 5.97 Å². The molecule has 0 aromatic carbocycles. The Morgan fingerprint density at radius 2 is 2.20 bits per heavy atom. The summed E-state index contributed by atoms with van der Waals surface area (Å²) in [4.78, 5) is 12.3. The Bertz CT molecular complexity index is 494. The van der Waals surface area contributed by atoms with Crippen LogP contribution in [0.5, 0.6) is 0 Å². The van der Waals surface area contributed by atoms with Crippen molar-refractivity contribution in [3.63, 3.8) is 0 Å². The summed E-state index contributed by atoms with van der Waals surface area (Å²) in [6, 6.07) is 1.93. The fourth-order valence-electron chi connectivity index (χ4n) is 1.31. The number of ether oxygens (including phenoxy) is 1. The highest BCUT2D eigenvalue weighted by Crippen LogP contribution is 2.33. The van der Waals surface area contributed by atoms with Gasteiger partial charge in [0.1, 0.15) is 4.88 Å². The molecule has 0 radical (unpaired) electrons. The van der Waals surface area contributed by atoms with Crippen molar-refractivity contribution < 1.29 is 9.53 Å². The third kappa shape index (κ3) is 2.06. The number of aryl methyl sites for hydroxylation is 1. The van der Waals surface area contributed by atoms with Crippen LogP contribution in [0.4, 0.5) is 0 Å². The summed E-state index contributed by atoms with van der Waals surface area (Å²) in [5.74, 6) is -0.210. The average molecular weight is 240 g/mol. The molecule has 0 aliphatic rings. The van der Waals surface area contributed by atoms with E-state index in [0.29, 0.717) is 4.88 Å². The molecule has 0 aliphatic carbocycles. The van der Waals surface area contributed by atoms with Gasteiger partial charge in [0.25, 0.3) is 0 Å². The Hall–Kier alpha value is -0.870. The summed E-state index contributed by atoms with van der Waals surface area (Å²) in [6.07, 6.45) is -0.0567. The van der Waals surface area contributed by atoms with Crippen molar-refractivity contribution in [1.82, 2.24) is 0 Å². The van der Waals surface area contributed by atoms with Crippen LogP contribution in [0.1, 0.15) is 29.1 Å². The molecule has 0 saturated heterocycles. The predicted molar refractivity (Wildman–Crippen MR) is 65.0 cm³/mol. The lowest BCUT2D eigenvalue weighted by atomic mass is 10.2. The van der Waals surface area contributed by atoms with E-state index in [4.69, 9.17) is 4.74 Å². The third-order valence-corrected chi connectivity index (χ3v) is 4.36. The van der Waals surface area contributed by atoms with Crippen molar-refractivity contribution in [1.29, 1.82) is 0 Å². The number of rotatable bonds is 2. The molecular formula is C11H12O2S2. The molecular weight excluding hydrogens is 228 g/mol. The van der Waals surface area contributed by atoms with Gasteiger partial charge in [0.2, 0.25) is 0 Å². The smallest absolute Gasteiger partial charge is 0.348 e. The summed E-state index contributed by atoms with van der Waals surface area (Å²) >= 11 is 3.19. The molecule has 2 nitrogen and oxygen atoms in total. The summed E-state index contributed by atoms with van der Waals surface area (Å²) < 4.78 is 6.35. The van der Waals surface area contributed by atoms with Crippen LogP contribution in [0.15, 0.2) is 11.4 Å². The summed E-state index contributed by atoms with van der Waals surface area (Å²) in [5.41, 5.74) is 1.23. The van der Waals surface area contributed by atoms with Gasteiger partial charge in [0, 0.05) is 5.39 Å². The molecule has 0 saturated carbocycles. The van der Waals surface area contributed by atoms with E-state index in [1.54, 1.807) is 11.3 Å². The monoisotopic (exact) mass is 240 g/mol. The Kier molecular flexibility index (Phi) is 2.80. The first-order valence-electron chi connectivity index (χ1n) is 4.76. The zero-order chi connectivity index (χ0) is 11.0. The van der Waals surface area contributed by atoms with Gasteiger partial charge in [-0.25, -0.2) is 4.79 Å². The van der Waals surface area contributed by atoms with Crippen LogP contribution in [0.2, 0.25) is 0 Å². The number of hydrogen-bond acceptors (Lipinski definition) is 4. The number of esters is 1. The maximum Gasteiger partial charge on any atom is 0.348 e. The SMILES string of the molecule is Cc1csc2sc(C(=O)OC(C)C)cc12. The van der Waals surface area contributed by atoms with Crippen LogP contribution < -0.4 is 0 Å². The summed E-state index contributed by atoms with van der Waals surface area (Å²) in [7, 11) is 0. The number of carbonyl (C=O) groups excluding carboxylic acids is 1. The van der Waals surface area contributed by atoms with Gasteiger partial charge in [-0.1, -0.05) is 0 Å². The van der Waals surface area contributed by atoms with E-state index in [1.807, 2.05) is 19.9 Å². The maximum atomic E-state index is 11.6. The normalized spacial score (nSPS) is 11.2. The first kappa shape index (κ1) is 10.6. The third-order valence-electron chi connectivity index (χ3n) is 2.01. The molecule has 15 heavy (non-hydrogen) atoms. The molecule has 0 fully saturated rings. The minimum absolute atomic E-state index is 0.0567. The topological polar surface area (TPSA) is 26.3 Å². The van der Waals surface area contributed by atoms with Gasteiger partial charge in [0.15, 0.2) is 0 Å². The van der Waals surface area contributed by atoms with E-state index in [1.165, 1.54) is 26.3 Å². The largest absolute Gasteiger partial charge is 0.459 e. The second-order valence-corrected chi connectivity index (χ2v) is 5.87. The van der Waals surface area contributed by atoms with Gasteiger partial charge in [-0.2, -0.15) is 0 Å². The molecule has 0 amide bonds. The van der Waals surface area contributed by atoms with Crippen molar-refractivity contribution in [2.75, 3.05) is 0 Å². The Balaban J connectivity index is 2.32. The predicted octanol–water partition coefficient (Wildman–Crippen LogP) is 3.84. The molecule has 0 spiro atoms. The molecule has 0 N–H and O–H groups in total. The van der Waals surface area contributed by atoms with E-state index in [0.717, 1.165) is 0 Å². The Labute approximate surface area is 96.5 Å². The first-order valence-corrected chi connectivity index (χ1v) is 6.46. The van der Waals surface area contributed by atoms with Gasteiger partial charge in [-0.05, 0) is 37.8 Å². The van der Waals surface area contributed by atoms with Crippen LogP contribution >= 0.6 is 22.7 Å². The highest BCUT2D eigenvalue weighted by atomic mass is 32.2. The number of hydrogen-bond donors (Lipinski definition) is 0. The Morgan fingerprint density at radius 1 is 1.47 bits per heavy atom. The molecule has 80 valence electrons. The highest BCUT2D eigenvalue weighted by Gasteiger charge is 2.14. The van der Waals surface area contributed by atoms with Gasteiger partial charge in [0.05, 0.1) is 10.1 Å². The van der Waals surface area contributed by atoms with Gasteiger partial charge < -0.3 is 4.74 Å². The molecule has 0 bridgehead atoms. The fraction of sp³-hybridized carbons (Fsp3) is 0.364. The maximum absolute atomic E-state index is 11.6. The molecule has 0 unspecified atom stereocenters. The second kappa shape index (κ2) is 3.94. The zero-order valence-electron chi connectivity index (χ0n) is 8.87. The zero-order valence-corrected chi connectivity index (χ0v) is 10.5. The van der Waals surface area contributed by atoms with Crippen LogP contribution in [0.25, 0.3) is 9.40 Å². The molecule has 4 heteroatoms. The standard InChI is InChI=1S/C11H12O2S2/c1-6(2)13-10(12)9-4-8-7(3)5-14-11(8)15-9/h4-6H,1-3H3. The second-order valence-electron chi connectivity index (χ2n) is 3.68. The Morgan fingerprint density at radius 3 is 2.80 bits per heavy atom. The van der Waals surface area contributed by atoms with Crippen LogP contribution in [-0.4, -0.2) is 12.1 Å². The van der Waals surface area contributed by atoms with Crippen molar-refractivity contribution >= 4 is 38.0 Å². The quantitative estimate of drug-likeness (QED) is 0.746. The van der Waals surface area contributed by atoms with Crippen molar-refractivity contribution in [3.8, 4) is 0 Å². The summed E-state index contributed by atoms with van der Waals surface area (Å²) in [6.45, 7) is 5.78. The van der Waals surface area contributed by atoms with Crippen molar-refractivity contribution in [2.24, 2.45) is 0 Å². The molecule has 2 aromatic heterocycles. The number of fused-ring (bicyclic) bond motifs is 1. The van der Waals surface area contributed by atoms with Crippen molar-refractivity contribution in [3.05, 3.63) is 21.9 Å². The fourth-order valence-corrected chi connectivity index (χ4v) is 3.52. The molecule has 0 aliphatic heterocycles. The van der Waals surface area contributed by atoms with Crippen LogP contribution in [-0.2, 0) is 4.74 Å². The minimum Gasteiger partial charge on any atom is -0.459 e. The van der Waals surface area contributed by atoms with E-state index in [2.05, 4.69) is 12.3 Å². The van der Waals surface area contributed by atoms with E-state index in [-0.39, 0.29) is 12.1 Å². The average Bonchev–Trinajstić information content (AvgIpc) is 2.67. The van der Waals surface area contributed by atoms with Gasteiger partial charge in [-0.3, -0.25) is 0 Å². The lowest BCUT2D eigenvalue weighted by Crippen LogP contribution is -2.09. The molecule has 2 rings (SSSR count). The van der Waals surface area contributed by atoms with Crippen molar-refractivity contribution in [2.45, 2.75) is 26.9 Å². The van der Waals surface area contributed by atoms with E-state index >= 15 is 0 Å². The van der Waals surface area contributed by atoms with Gasteiger partial charge in [-0.15, -0.1) is 22.7 Å². The lowest BCUT2D eigenvalue weighted by Gasteiger charge is -2.05. The number of thiophene rings is 2. The number of carbonyl (C=O) groups is 1. The molecule has 0 atom stereocenters. The van der Waals surface area contributed by atoms with Crippen LogP contribution in [0.3, 0.4) is 0 Å². The lowest BCUT2D eigenvalue weighted by molar-refractivity contribution is 0.0384. The first-order chi connectivity index (χ1) is 7.08. The van der Waals surface area contributed by atoms with E-state index < -0.39 is 0 Å². The summed E-state index contributed by atoms with van der Waals surface area (Å²) in [5, 5.41) is 3.29. The molecule has 2 heterocycles. The minimum atomic E-state index is -0.210.